The first kappa shape index (κ1) is 14.9. The van der Waals surface area contributed by atoms with E-state index in [-0.39, 0.29) is 5.92 Å². The molecular formula is C19H27N3O2. The summed E-state index contributed by atoms with van der Waals surface area (Å²) in [5, 5.41) is 3.92. The monoisotopic (exact) mass is 329 g/mol. The van der Waals surface area contributed by atoms with Crippen molar-refractivity contribution in [1.29, 1.82) is 0 Å². The molecule has 5 heteroatoms. The van der Waals surface area contributed by atoms with Crippen molar-refractivity contribution in [2.24, 2.45) is 29.6 Å². The lowest BCUT2D eigenvalue weighted by molar-refractivity contribution is -0.150. The number of aromatic nitrogens is 2. The van der Waals surface area contributed by atoms with Gasteiger partial charge in [0.05, 0.1) is 5.92 Å². The Hall–Kier alpha value is -1.39. The lowest BCUT2D eigenvalue weighted by Crippen LogP contribution is -2.53. The predicted molar refractivity (Wildman–Crippen MR) is 88.1 cm³/mol. The summed E-state index contributed by atoms with van der Waals surface area (Å²) >= 11 is 0. The second kappa shape index (κ2) is 5.57. The van der Waals surface area contributed by atoms with Crippen molar-refractivity contribution < 1.29 is 9.32 Å². The van der Waals surface area contributed by atoms with Gasteiger partial charge in [0.1, 0.15) is 0 Å². The van der Waals surface area contributed by atoms with Crippen molar-refractivity contribution in [2.45, 2.75) is 57.8 Å². The lowest BCUT2D eigenvalue weighted by Gasteiger charge is -2.54. The van der Waals surface area contributed by atoms with Gasteiger partial charge in [-0.15, -0.1) is 0 Å². The summed E-state index contributed by atoms with van der Waals surface area (Å²) in [6.45, 7) is 3.53. The SMILES string of the molecule is Cc1noc(C2CCCN(C(=O)C3C4CC5CC(C4)CC3C5)C2)n1. The number of rotatable bonds is 2. The van der Waals surface area contributed by atoms with Crippen molar-refractivity contribution in [3.8, 4) is 0 Å². The van der Waals surface area contributed by atoms with E-state index in [1.54, 1.807) is 0 Å². The molecule has 5 nitrogen and oxygen atoms in total. The molecule has 0 aromatic carbocycles. The topological polar surface area (TPSA) is 59.2 Å². The number of hydrogen-bond donors (Lipinski definition) is 0. The molecule has 0 spiro atoms. The first-order chi connectivity index (χ1) is 11.7. The number of piperidine rings is 1. The van der Waals surface area contributed by atoms with Gasteiger partial charge in [-0.2, -0.15) is 4.98 Å². The zero-order valence-electron chi connectivity index (χ0n) is 14.5. The number of carbonyl (C=O) groups is 1. The summed E-state index contributed by atoms with van der Waals surface area (Å²) in [5.41, 5.74) is 0. The number of nitrogens with zero attached hydrogens (tertiary/aromatic N) is 3. The van der Waals surface area contributed by atoms with Gasteiger partial charge < -0.3 is 9.42 Å². The number of aryl methyl sites for hydroxylation is 1. The van der Waals surface area contributed by atoms with Crippen LogP contribution in [0.1, 0.15) is 62.6 Å². The van der Waals surface area contributed by atoms with E-state index < -0.39 is 0 Å². The number of carbonyl (C=O) groups excluding carboxylic acids is 1. The fraction of sp³-hybridized carbons (Fsp3) is 0.842. The summed E-state index contributed by atoms with van der Waals surface area (Å²) in [7, 11) is 0. The molecule has 1 unspecified atom stereocenters. The molecule has 1 atom stereocenters. The highest BCUT2D eigenvalue weighted by Crippen LogP contribution is 2.57. The van der Waals surface area contributed by atoms with Crippen molar-refractivity contribution >= 4 is 5.91 Å². The Kier molecular flexibility index (Phi) is 3.46. The summed E-state index contributed by atoms with van der Waals surface area (Å²) in [4.78, 5) is 19.9. The molecule has 24 heavy (non-hydrogen) atoms. The standard InChI is InChI=1S/C19H27N3O2/c1-11-20-18(24-21-11)14-3-2-4-22(10-14)19(23)17-15-6-12-5-13(8-15)9-16(17)7-12/h12-17H,2-10H2,1H3. The number of amides is 1. The van der Waals surface area contributed by atoms with Gasteiger partial charge in [0.2, 0.25) is 11.8 Å². The Morgan fingerprint density at radius 1 is 1.12 bits per heavy atom. The van der Waals surface area contributed by atoms with Crippen LogP contribution in [-0.4, -0.2) is 34.0 Å². The molecule has 130 valence electrons. The number of hydrogen-bond acceptors (Lipinski definition) is 4. The van der Waals surface area contributed by atoms with Crippen LogP contribution >= 0.6 is 0 Å². The molecular weight excluding hydrogens is 302 g/mol. The molecule has 5 aliphatic rings. The summed E-state index contributed by atoms with van der Waals surface area (Å²) < 4.78 is 5.37. The van der Waals surface area contributed by atoms with Gasteiger partial charge in [0, 0.05) is 19.0 Å². The molecule has 4 saturated carbocycles. The van der Waals surface area contributed by atoms with Crippen LogP contribution in [0.3, 0.4) is 0 Å². The van der Waals surface area contributed by atoms with Crippen LogP contribution in [0, 0.1) is 36.5 Å². The van der Waals surface area contributed by atoms with E-state index in [1.807, 2.05) is 6.92 Å². The Morgan fingerprint density at radius 3 is 2.46 bits per heavy atom. The van der Waals surface area contributed by atoms with E-state index in [2.05, 4.69) is 15.0 Å². The maximum atomic E-state index is 13.3. The molecule has 2 heterocycles. The van der Waals surface area contributed by atoms with Crippen molar-refractivity contribution in [3.05, 3.63) is 11.7 Å². The zero-order valence-corrected chi connectivity index (χ0v) is 14.5. The predicted octanol–water partition coefficient (Wildman–Crippen LogP) is 3.16. The highest BCUT2D eigenvalue weighted by Gasteiger charge is 2.51. The van der Waals surface area contributed by atoms with Gasteiger partial charge >= 0.3 is 0 Å². The third kappa shape index (κ3) is 2.39. The molecule has 1 aromatic heterocycles. The first-order valence-electron chi connectivity index (χ1n) is 9.76. The van der Waals surface area contributed by atoms with E-state index in [0.717, 1.165) is 43.7 Å². The second-order valence-electron chi connectivity index (χ2n) is 8.76. The van der Waals surface area contributed by atoms with Gasteiger partial charge in [0.25, 0.3) is 0 Å². The summed E-state index contributed by atoms with van der Waals surface area (Å²) in [6.07, 6.45) is 8.77. The molecule has 4 bridgehead atoms. The van der Waals surface area contributed by atoms with E-state index in [0.29, 0.717) is 29.5 Å². The smallest absolute Gasteiger partial charge is 0.231 e. The largest absolute Gasteiger partial charge is 0.342 e. The molecule has 1 saturated heterocycles. The Morgan fingerprint density at radius 2 is 1.83 bits per heavy atom. The van der Waals surface area contributed by atoms with Gasteiger partial charge in [0.15, 0.2) is 5.82 Å². The maximum Gasteiger partial charge on any atom is 0.231 e. The van der Waals surface area contributed by atoms with E-state index >= 15 is 0 Å². The molecule has 1 aromatic rings. The highest BCUT2D eigenvalue weighted by molar-refractivity contribution is 5.80. The fourth-order valence-corrected chi connectivity index (χ4v) is 6.40. The Labute approximate surface area is 143 Å². The summed E-state index contributed by atoms with van der Waals surface area (Å²) in [6, 6.07) is 0. The van der Waals surface area contributed by atoms with E-state index in [4.69, 9.17) is 4.52 Å². The van der Waals surface area contributed by atoms with Gasteiger partial charge in [-0.05, 0) is 75.5 Å². The van der Waals surface area contributed by atoms with Crippen molar-refractivity contribution in [1.82, 2.24) is 15.0 Å². The molecule has 6 rings (SSSR count). The van der Waals surface area contributed by atoms with Crippen LogP contribution < -0.4 is 0 Å². The minimum atomic E-state index is 0.223. The van der Waals surface area contributed by atoms with E-state index in [1.165, 1.54) is 32.1 Å². The maximum absolute atomic E-state index is 13.3. The molecule has 0 radical (unpaired) electrons. The average Bonchev–Trinajstić information content (AvgIpc) is 3.00. The van der Waals surface area contributed by atoms with Gasteiger partial charge in [-0.25, -0.2) is 0 Å². The van der Waals surface area contributed by atoms with Crippen LogP contribution in [0.2, 0.25) is 0 Å². The molecule has 4 aliphatic carbocycles. The highest BCUT2D eigenvalue weighted by atomic mass is 16.5. The Balaban J connectivity index is 1.32. The third-order valence-corrected chi connectivity index (χ3v) is 7.14. The van der Waals surface area contributed by atoms with Gasteiger partial charge in [-0.1, -0.05) is 5.16 Å². The van der Waals surface area contributed by atoms with E-state index in [9.17, 15) is 4.79 Å². The van der Waals surface area contributed by atoms with Crippen LogP contribution in [0.25, 0.3) is 0 Å². The lowest BCUT2D eigenvalue weighted by atomic mass is 9.51. The van der Waals surface area contributed by atoms with Crippen molar-refractivity contribution in [3.63, 3.8) is 0 Å². The zero-order chi connectivity index (χ0) is 16.3. The molecule has 0 N–H and O–H groups in total. The quantitative estimate of drug-likeness (QED) is 0.836. The van der Waals surface area contributed by atoms with Gasteiger partial charge in [-0.3, -0.25) is 4.79 Å². The average molecular weight is 329 g/mol. The second-order valence-corrected chi connectivity index (χ2v) is 8.76. The minimum Gasteiger partial charge on any atom is -0.342 e. The molecule has 5 fully saturated rings. The van der Waals surface area contributed by atoms with Crippen LogP contribution in [-0.2, 0) is 4.79 Å². The van der Waals surface area contributed by atoms with Crippen LogP contribution in [0.15, 0.2) is 4.52 Å². The fourth-order valence-electron chi connectivity index (χ4n) is 6.40. The minimum absolute atomic E-state index is 0.223. The molecule has 1 amide bonds. The summed E-state index contributed by atoms with van der Waals surface area (Å²) in [5.74, 6) is 5.55. The third-order valence-electron chi connectivity index (χ3n) is 7.14. The van der Waals surface area contributed by atoms with Crippen LogP contribution in [0.4, 0.5) is 0 Å². The van der Waals surface area contributed by atoms with Crippen molar-refractivity contribution in [2.75, 3.05) is 13.1 Å². The normalized spacial score (nSPS) is 41.0. The molecule has 1 aliphatic heterocycles. The Bertz CT molecular complexity index is 612. The first-order valence-corrected chi connectivity index (χ1v) is 9.76. The van der Waals surface area contributed by atoms with Crippen LogP contribution in [0.5, 0.6) is 0 Å². The number of likely N-dealkylation sites (tertiary alicyclic amines) is 1.